The molecule has 0 atom stereocenters. The molecule has 0 heterocycles. The number of carboxylic acids is 1. The summed E-state index contributed by atoms with van der Waals surface area (Å²) in [4.78, 5) is 10.9. The van der Waals surface area contributed by atoms with Gasteiger partial charge in [-0.1, -0.05) is 74.5 Å². The van der Waals surface area contributed by atoms with Crippen LogP contribution in [0.15, 0.2) is 60.7 Å². The highest BCUT2D eigenvalue weighted by atomic mass is 19.4. The Morgan fingerprint density at radius 1 is 0.744 bits per heavy atom. The molecule has 3 aromatic rings. The minimum atomic E-state index is -5.96. The van der Waals surface area contributed by atoms with Crippen molar-refractivity contribution in [2.24, 2.45) is 0 Å². The third-order valence-electron chi connectivity index (χ3n) is 7.60. The summed E-state index contributed by atoms with van der Waals surface area (Å²) >= 11 is 0. The van der Waals surface area contributed by atoms with Crippen molar-refractivity contribution in [1.82, 2.24) is 0 Å². The predicted molar refractivity (Wildman–Crippen MR) is 137 cm³/mol. The Hall–Kier alpha value is -3.33. The molecule has 39 heavy (non-hydrogen) atoms. The first-order chi connectivity index (χ1) is 18.0. The molecule has 3 nitrogen and oxygen atoms in total. The van der Waals surface area contributed by atoms with Crippen LogP contribution in [0, 0.1) is 13.8 Å². The number of carboxylic acid groups (broad SMARTS) is 1. The van der Waals surface area contributed by atoms with Gasteiger partial charge in [-0.15, -0.1) is 0 Å². The quantitative estimate of drug-likeness (QED) is 0.278. The van der Waals surface area contributed by atoms with E-state index in [1.807, 2.05) is 51.1 Å². The molecule has 2 N–H and O–H groups in total. The molecule has 0 unspecified atom stereocenters. The van der Waals surface area contributed by atoms with Gasteiger partial charge in [0.1, 0.15) is 0 Å². The molecule has 0 aliphatic rings. The maximum Gasteiger partial charge on any atom is 0.430 e. The number of carbonyl (C=O) groups is 1. The van der Waals surface area contributed by atoms with Gasteiger partial charge >= 0.3 is 18.3 Å². The van der Waals surface area contributed by atoms with Gasteiger partial charge in [0.25, 0.3) is 5.60 Å². The maximum atomic E-state index is 13.5. The van der Waals surface area contributed by atoms with Gasteiger partial charge in [0.15, 0.2) is 0 Å². The molecular weight excluding hydrogens is 522 g/mol. The first kappa shape index (κ1) is 30.2. The third kappa shape index (κ3) is 5.41. The van der Waals surface area contributed by atoms with Crippen LogP contribution in [0.2, 0.25) is 0 Å². The van der Waals surface area contributed by atoms with Crippen LogP contribution in [0.1, 0.15) is 60.1 Å². The lowest BCUT2D eigenvalue weighted by Crippen LogP contribution is -2.54. The minimum Gasteiger partial charge on any atom is -0.481 e. The highest BCUT2D eigenvalue weighted by Gasteiger charge is 2.71. The summed E-state index contributed by atoms with van der Waals surface area (Å²) in [6.07, 6.45) is -11.0. The smallest absolute Gasteiger partial charge is 0.430 e. The van der Waals surface area contributed by atoms with Crippen molar-refractivity contribution in [2.45, 2.75) is 70.3 Å². The van der Waals surface area contributed by atoms with Gasteiger partial charge in [0, 0.05) is 11.0 Å². The number of benzene rings is 3. The molecule has 3 aromatic carbocycles. The van der Waals surface area contributed by atoms with E-state index in [-0.39, 0.29) is 12.0 Å². The van der Waals surface area contributed by atoms with Crippen LogP contribution in [-0.4, -0.2) is 28.5 Å². The first-order valence-electron chi connectivity index (χ1n) is 12.4. The van der Waals surface area contributed by atoms with Gasteiger partial charge in [-0.3, -0.25) is 4.79 Å². The number of hydrogen-bond acceptors (Lipinski definition) is 2. The van der Waals surface area contributed by atoms with E-state index < -0.39 is 34.9 Å². The predicted octanol–water partition coefficient (Wildman–Crippen LogP) is 8.02. The molecule has 0 saturated carbocycles. The lowest BCUT2D eigenvalue weighted by Gasteiger charge is -2.37. The Labute approximate surface area is 223 Å². The molecule has 0 spiro atoms. The fourth-order valence-electron chi connectivity index (χ4n) is 5.33. The largest absolute Gasteiger partial charge is 0.481 e. The van der Waals surface area contributed by atoms with E-state index in [1.54, 1.807) is 12.1 Å². The summed E-state index contributed by atoms with van der Waals surface area (Å²) in [7, 11) is 0. The molecule has 0 radical (unpaired) electrons. The summed E-state index contributed by atoms with van der Waals surface area (Å²) in [5, 5.41) is 18.9. The fraction of sp³-hybridized carbons (Fsp3) is 0.367. The lowest BCUT2D eigenvalue weighted by atomic mass is 9.69. The van der Waals surface area contributed by atoms with Crippen molar-refractivity contribution in [1.29, 1.82) is 0 Å². The molecule has 0 amide bonds. The molecular formula is C30H30F6O3. The van der Waals surface area contributed by atoms with Gasteiger partial charge in [-0.05, 0) is 65.6 Å². The second-order valence-electron chi connectivity index (χ2n) is 9.82. The average Bonchev–Trinajstić information content (AvgIpc) is 2.84. The number of alkyl halides is 6. The third-order valence-corrected chi connectivity index (χ3v) is 7.60. The fourth-order valence-corrected chi connectivity index (χ4v) is 5.33. The van der Waals surface area contributed by atoms with E-state index in [0.717, 1.165) is 35.2 Å². The van der Waals surface area contributed by atoms with Crippen LogP contribution in [-0.2, 0) is 22.2 Å². The van der Waals surface area contributed by atoms with Crippen LogP contribution in [0.5, 0.6) is 0 Å². The second kappa shape index (κ2) is 10.7. The zero-order valence-electron chi connectivity index (χ0n) is 22.0. The molecule has 0 saturated heterocycles. The first-order valence-corrected chi connectivity index (χ1v) is 12.4. The Kier molecular flexibility index (Phi) is 8.27. The van der Waals surface area contributed by atoms with Gasteiger partial charge in [-0.2, -0.15) is 26.3 Å². The summed E-state index contributed by atoms with van der Waals surface area (Å²) in [5.74, 6) is -0.927. The second-order valence-corrected chi connectivity index (χ2v) is 9.82. The van der Waals surface area contributed by atoms with Crippen LogP contribution in [0.3, 0.4) is 0 Å². The average molecular weight is 553 g/mol. The molecule has 0 fully saturated rings. The standard InChI is InChI=1S/C30H30F6O3/c1-5-27(6-2,23-12-14-25(19(4)16-23)28(39,29(31,32)33)30(34,35)36)22-11-13-24(18(3)15-22)21-9-7-20(8-10-21)17-26(37)38/h7-16,39H,5-6,17H2,1-4H3,(H,37,38). The highest BCUT2D eigenvalue weighted by Crippen LogP contribution is 2.51. The minimum absolute atomic E-state index is 0.0880. The SMILES string of the molecule is CCC(CC)(c1ccc(-c2ccc(CC(=O)O)cc2)c(C)c1)c1ccc(C(O)(C(F)(F)F)C(F)(F)F)c(C)c1. The van der Waals surface area contributed by atoms with Gasteiger partial charge in [-0.25, -0.2) is 0 Å². The number of aliphatic hydroxyl groups is 1. The molecule has 0 aliphatic heterocycles. The maximum absolute atomic E-state index is 13.5. The zero-order chi connectivity index (χ0) is 29.4. The number of rotatable bonds is 8. The van der Waals surface area contributed by atoms with E-state index in [1.165, 1.54) is 12.1 Å². The normalized spacial score (nSPS) is 13.0. The monoisotopic (exact) mass is 552 g/mol. The molecule has 3 rings (SSSR count). The summed E-state index contributed by atoms with van der Waals surface area (Å²) in [6, 6.07) is 16.2. The zero-order valence-corrected chi connectivity index (χ0v) is 22.0. The van der Waals surface area contributed by atoms with Crippen molar-refractivity contribution in [2.75, 3.05) is 0 Å². The topological polar surface area (TPSA) is 57.5 Å². The van der Waals surface area contributed by atoms with Crippen LogP contribution in [0.25, 0.3) is 11.1 Å². The summed E-state index contributed by atoms with van der Waals surface area (Å²) in [6.45, 7) is 6.85. The van der Waals surface area contributed by atoms with Gasteiger partial charge in [0.05, 0.1) is 6.42 Å². The number of halogens is 6. The van der Waals surface area contributed by atoms with Gasteiger partial charge < -0.3 is 10.2 Å². The number of aryl methyl sites for hydroxylation is 2. The van der Waals surface area contributed by atoms with Crippen molar-refractivity contribution < 1.29 is 41.4 Å². The van der Waals surface area contributed by atoms with Crippen LogP contribution < -0.4 is 0 Å². The van der Waals surface area contributed by atoms with Crippen LogP contribution in [0.4, 0.5) is 26.3 Å². The summed E-state index contributed by atoms with van der Waals surface area (Å²) < 4.78 is 81.0. The number of hydrogen-bond donors (Lipinski definition) is 2. The van der Waals surface area contributed by atoms with Crippen molar-refractivity contribution in [3.05, 3.63) is 94.0 Å². The number of aliphatic carboxylic acids is 1. The highest BCUT2D eigenvalue weighted by molar-refractivity contribution is 5.72. The molecule has 0 bridgehead atoms. The van der Waals surface area contributed by atoms with E-state index in [9.17, 15) is 36.2 Å². The van der Waals surface area contributed by atoms with E-state index in [0.29, 0.717) is 24.0 Å². The van der Waals surface area contributed by atoms with Crippen LogP contribution >= 0.6 is 0 Å². The molecule has 0 aliphatic carbocycles. The van der Waals surface area contributed by atoms with Gasteiger partial charge in [0.2, 0.25) is 0 Å². The van der Waals surface area contributed by atoms with E-state index in [2.05, 4.69) is 0 Å². The Morgan fingerprint density at radius 3 is 1.64 bits per heavy atom. The Bertz CT molecular complexity index is 1320. The lowest BCUT2D eigenvalue weighted by molar-refractivity contribution is -0.376. The summed E-state index contributed by atoms with van der Waals surface area (Å²) in [5.41, 5.74) is -2.49. The molecule has 0 aromatic heterocycles. The van der Waals surface area contributed by atoms with Crippen molar-refractivity contribution in [3.8, 4) is 11.1 Å². The van der Waals surface area contributed by atoms with E-state index >= 15 is 0 Å². The molecule has 9 heteroatoms. The van der Waals surface area contributed by atoms with E-state index in [4.69, 9.17) is 5.11 Å². The molecule has 210 valence electrons. The van der Waals surface area contributed by atoms with Crippen molar-refractivity contribution >= 4 is 5.97 Å². The van der Waals surface area contributed by atoms with Crippen molar-refractivity contribution in [3.63, 3.8) is 0 Å². The Morgan fingerprint density at radius 2 is 1.23 bits per heavy atom. The Balaban J connectivity index is 2.08.